The van der Waals surface area contributed by atoms with E-state index in [2.05, 4.69) is 10.3 Å². The highest BCUT2D eigenvalue weighted by Gasteiger charge is 2.34. The number of benzene rings is 1. The first-order valence-electron chi connectivity index (χ1n) is 8.33. The molecule has 1 aromatic heterocycles. The van der Waals surface area contributed by atoms with Gasteiger partial charge in [-0.3, -0.25) is 14.2 Å². The molecule has 1 aliphatic rings. The topological polar surface area (TPSA) is 103 Å². The smallest absolute Gasteiger partial charge is 0.296 e. The van der Waals surface area contributed by atoms with Crippen LogP contribution in [0.25, 0.3) is 0 Å². The summed E-state index contributed by atoms with van der Waals surface area (Å²) in [6, 6.07) is 3.91. The molecule has 0 atom stereocenters. The molecule has 2 aromatic rings. The Morgan fingerprint density at radius 3 is 2.93 bits per heavy atom. The Hall–Kier alpha value is -2.94. The van der Waals surface area contributed by atoms with Crippen LogP contribution in [0, 0.1) is 5.82 Å². The number of nitrogens with zero attached hydrogens (tertiary/aromatic N) is 2. The minimum Gasteiger partial charge on any atom is -0.501 e. The number of amides is 1. The van der Waals surface area contributed by atoms with E-state index in [4.69, 9.17) is 9.47 Å². The lowest BCUT2D eigenvalue weighted by molar-refractivity contribution is -0.0566. The van der Waals surface area contributed by atoms with Gasteiger partial charge in [-0.2, -0.15) is 0 Å². The predicted molar refractivity (Wildman–Crippen MR) is 93.3 cm³/mol. The summed E-state index contributed by atoms with van der Waals surface area (Å²) in [5, 5.41) is 12.7. The van der Waals surface area contributed by atoms with Crippen molar-refractivity contribution < 1.29 is 23.8 Å². The molecule has 2 N–H and O–H groups in total. The molecule has 0 radical (unpaired) electrons. The Kier molecular flexibility index (Phi) is 4.88. The Morgan fingerprint density at radius 2 is 2.22 bits per heavy atom. The quantitative estimate of drug-likeness (QED) is 0.832. The van der Waals surface area contributed by atoms with Gasteiger partial charge in [-0.15, -0.1) is 0 Å². The third-order valence-corrected chi connectivity index (χ3v) is 4.37. The first-order valence-corrected chi connectivity index (χ1v) is 8.33. The van der Waals surface area contributed by atoms with E-state index in [0.717, 1.165) is 0 Å². The normalized spacial score (nSPS) is 15.1. The number of ether oxygens (including phenoxy) is 2. The van der Waals surface area contributed by atoms with Crippen LogP contribution in [0.5, 0.6) is 11.5 Å². The maximum atomic E-state index is 13.3. The van der Waals surface area contributed by atoms with Gasteiger partial charge in [0.1, 0.15) is 23.0 Å². The second-order valence-electron chi connectivity index (χ2n) is 6.59. The number of aromatic hydroxyl groups is 1. The van der Waals surface area contributed by atoms with Crippen molar-refractivity contribution in [2.75, 3.05) is 13.7 Å². The lowest BCUT2D eigenvalue weighted by Crippen LogP contribution is -2.42. The molecule has 144 valence electrons. The van der Waals surface area contributed by atoms with Gasteiger partial charge in [-0.1, -0.05) is 6.07 Å². The second-order valence-corrected chi connectivity index (χ2v) is 6.59. The number of carbonyl (C=O) groups excluding carboxylic acids is 1. The number of nitrogens with one attached hydrogen (secondary N) is 1. The number of rotatable bonds is 4. The van der Waals surface area contributed by atoms with Crippen molar-refractivity contribution in [2.45, 2.75) is 32.5 Å². The number of aromatic nitrogens is 2. The molecule has 0 saturated carbocycles. The van der Waals surface area contributed by atoms with E-state index in [1.165, 1.54) is 29.9 Å². The summed E-state index contributed by atoms with van der Waals surface area (Å²) in [5.41, 5.74) is -1.42. The molecule has 0 saturated heterocycles. The SMILES string of the molecule is COc1cc(F)ccc1CNC(=O)c1nc2n(c(=O)c1O)CCOC2(C)C. The molecular formula is C18H20FN3O5. The zero-order valence-corrected chi connectivity index (χ0v) is 15.2. The van der Waals surface area contributed by atoms with E-state index in [-0.39, 0.29) is 30.4 Å². The van der Waals surface area contributed by atoms with Crippen LogP contribution in [0.3, 0.4) is 0 Å². The molecule has 1 aromatic carbocycles. The number of hydrogen-bond acceptors (Lipinski definition) is 6. The summed E-state index contributed by atoms with van der Waals surface area (Å²) in [6.45, 7) is 4.00. The van der Waals surface area contributed by atoms with Gasteiger partial charge in [-0.25, -0.2) is 9.37 Å². The second kappa shape index (κ2) is 6.99. The van der Waals surface area contributed by atoms with E-state index >= 15 is 0 Å². The van der Waals surface area contributed by atoms with Gasteiger partial charge in [-0.05, 0) is 19.9 Å². The minimum absolute atomic E-state index is 0.00170. The van der Waals surface area contributed by atoms with Crippen molar-refractivity contribution in [1.29, 1.82) is 0 Å². The van der Waals surface area contributed by atoms with Gasteiger partial charge in [0.05, 0.1) is 20.3 Å². The molecule has 0 unspecified atom stereocenters. The monoisotopic (exact) mass is 377 g/mol. The lowest BCUT2D eigenvalue weighted by atomic mass is 10.1. The molecule has 27 heavy (non-hydrogen) atoms. The van der Waals surface area contributed by atoms with Crippen LogP contribution < -0.4 is 15.6 Å². The summed E-state index contributed by atoms with van der Waals surface area (Å²) >= 11 is 0. The maximum absolute atomic E-state index is 13.3. The Morgan fingerprint density at radius 1 is 1.48 bits per heavy atom. The van der Waals surface area contributed by atoms with Crippen molar-refractivity contribution in [1.82, 2.24) is 14.9 Å². The number of carbonyl (C=O) groups is 1. The van der Waals surface area contributed by atoms with Crippen molar-refractivity contribution in [3.63, 3.8) is 0 Å². The molecule has 3 rings (SSSR count). The molecule has 8 nitrogen and oxygen atoms in total. The third kappa shape index (κ3) is 3.50. The summed E-state index contributed by atoms with van der Waals surface area (Å²) in [5.74, 6) is -1.39. The average molecular weight is 377 g/mol. The van der Waals surface area contributed by atoms with Gasteiger partial charge in [0.2, 0.25) is 5.75 Å². The fraction of sp³-hybridized carbons (Fsp3) is 0.389. The van der Waals surface area contributed by atoms with Crippen LogP contribution in [0.15, 0.2) is 23.0 Å². The van der Waals surface area contributed by atoms with Crippen LogP contribution >= 0.6 is 0 Å². The minimum atomic E-state index is -0.875. The van der Waals surface area contributed by atoms with Crippen LogP contribution in [0.2, 0.25) is 0 Å². The van der Waals surface area contributed by atoms with E-state index in [1.807, 2.05) is 0 Å². The molecule has 0 fully saturated rings. The number of halogens is 1. The van der Waals surface area contributed by atoms with Crippen LogP contribution in [-0.2, 0) is 23.4 Å². The molecule has 0 spiro atoms. The highest BCUT2D eigenvalue weighted by molar-refractivity contribution is 5.94. The van der Waals surface area contributed by atoms with E-state index in [0.29, 0.717) is 12.2 Å². The summed E-state index contributed by atoms with van der Waals surface area (Å²) in [6.07, 6.45) is 0. The number of fused-ring (bicyclic) bond motifs is 1. The van der Waals surface area contributed by atoms with Gasteiger partial charge >= 0.3 is 0 Å². The first kappa shape index (κ1) is 18.8. The molecule has 0 bridgehead atoms. The van der Waals surface area contributed by atoms with E-state index in [9.17, 15) is 19.1 Å². The Labute approximate surface area is 154 Å². The predicted octanol–water partition coefficient (Wildman–Crippen LogP) is 1.29. The van der Waals surface area contributed by atoms with Crippen LogP contribution in [0.4, 0.5) is 4.39 Å². The molecule has 1 aliphatic heterocycles. The lowest BCUT2D eigenvalue weighted by Gasteiger charge is -2.32. The summed E-state index contributed by atoms with van der Waals surface area (Å²) < 4.78 is 25.3. The first-order chi connectivity index (χ1) is 12.7. The summed E-state index contributed by atoms with van der Waals surface area (Å²) in [4.78, 5) is 29.1. The largest absolute Gasteiger partial charge is 0.501 e. The third-order valence-electron chi connectivity index (χ3n) is 4.37. The highest BCUT2D eigenvalue weighted by atomic mass is 19.1. The number of hydrogen-bond donors (Lipinski definition) is 2. The fourth-order valence-electron chi connectivity index (χ4n) is 2.95. The van der Waals surface area contributed by atoms with Crippen molar-refractivity contribution in [2.24, 2.45) is 0 Å². The van der Waals surface area contributed by atoms with Crippen molar-refractivity contribution >= 4 is 5.91 Å². The standard InChI is InChI=1S/C18H20FN3O5/c1-18(2)17-21-13(14(23)16(25)22(17)6-7-27-18)15(24)20-9-10-4-5-11(19)8-12(10)26-3/h4-5,8,23H,6-7,9H2,1-3H3,(H,20,24). The number of methoxy groups -OCH3 is 1. The maximum Gasteiger partial charge on any atom is 0.296 e. The molecule has 9 heteroatoms. The zero-order valence-electron chi connectivity index (χ0n) is 15.2. The highest BCUT2D eigenvalue weighted by Crippen LogP contribution is 2.27. The molecule has 1 amide bonds. The Bertz CT molecular complexity index is 955. The summed E-state index contributed by atoms with van der Waals surface area (Å²) in [7, 11) is 1.39. The van der Waals surface area contributed by atoms with E-state index in [1.54, 1.807) is 13.8 Å². The van der Waals surface area contributed by atoms with Crippen LogP contribution in [0.1, 0.15) is 35.7 Å². The average Bonchev–Trinajstić information content (AvgIpc) is 2.63. The van der Waals surface area contributed by atoms with Gasteiger partial charge in [0.15, 0.2) is 5.69 Å². The van der Waals surface area contributed by atoms with Crippen molar-refractivity contribution in [3.8, 4) is 11.5 Å². The molecular weight excluding hydrogens is 357 g/mol. The Balaban J connectivity index is 1.90. The fourth-order valence-corrected chi connectivity index (χ4v) is 2.95. The van der Waals surface area contributed by atoms with Crippen LogP contribution in [-0.4, -0.2) is 34.3 Å². The van der Waals surface area contributed by atoms with Gasteiger partial charge < -0.3 is 19.9 Å². The van der Waals surface area contributed by atoms with Crippen molar-refractivity contribution in [3.05, 3.63) is 51.5 Å². The molecule has 2 heterocycles. The zero-order chi connectivity index (χ0) is 19.8. The van der Waals surface area contributed by atoms with Gasteiger partial charge in [0, 0.05) is 18.2 Å². The van der Waals surface area contributed by atoms with Gasteiger partial charge in [0.25, 0.3) is 11.5 Å². The van der Waals surface area contributed by atoms with E-state index < -0.39 is 28.6 Å². The molecule has 0 aliphatic carbocycles.